The summed E-state index contributed by atoms with van der Waals surface area (Å²) in [6.45, 7) is 0. The van der Waals surface area contributed by atoms with Crippen molar-refractivity contribution in [2.24, 2.45) is 7.05 Å². The third-order valence-electron chi connectivity index (χ3n) is 2.08. The fraction of sp³-hybridized carbons (Fsp3) is 0.0909. The number of rotatable bonds is 1. The average Bonchev–Trinajstić information content (AvgIpc) is 2.23. The van der Waals surface area contributed by atoms with Crippen molar-refractivity contribution >= 4 is 0 Å². The van der Waals surface area contributed by atoms with Crippen molar-refractivity contribution in [3.63, 3.8) is 0 Å². The van der Waals surface area contributed by atoms with Gasteiger partial charge < -0.3 is 4.57 Å². The predicted molar refractivity (Wildman–Crippen MR) is 54.9 cm³/mol. The molecular formula is C11H10N2O. The largest absolute Gasteiger partial charge is 0.318 e. The van der Waals surface area contributed by atoms with E-state index in [-0.39, 0.29) is 5.56 Å². The number of pyridine rings is 2. The summed E-state index contributed by atoms with van der Waals surface area (Å²) in [7, 11) is 1.74. The van der Waals surface area contributed by atoms with Crippen molar-refractivity contribution in [1.82, 2.24) is 9.55 Å². The van der Waals surface area contributed by atoms with Gasteiger partial charge in [0, 0.05) is 37.3 Å². The highest BCUT2D eigenvalue weighted by atomic mass is 16.1. The molecule has 0 aliphatic carbocycles. The highest BCUT2D eigenvalue weighted by molar-refractivity contribution is 5.60. The number of nitrogens with zero attached hydrogens (tertiary/aromatic N) is 2. The van der Waals surface area contributed by atoms with Crippen molar-refractivity contribution in [2.45, 2.75) is 0 Å². The molecule has 0 radical (unpaired) electrons. The third kappa shape index (κ3) is 1.57. The molecule has 70 valence electrons. The van der Waals surface area contributed by atoms with Crippen LogP contribution in [-0.2, 0) is 7.05 Å². The van der Waals surface area contributed by atoms with Crippen molar-refractivity contribution in [3.8, 4) is 11.1 Å². The fourth-order valence-electron chi connectivity index (χ4n) is 1.30. The maximum absolute atomic E-state index is 11.1. The van der Waals surface area contributed by atoms with E-state index in [4.69, 9.17) is 0 Å². The summed E-state index contributed by atoms with van der Waals surface area (Å²) in [6.07, 6.45) is 5.31. The molecule has 0 saturated carbocycles. The van der Waals surface area contributed by atoms with Crippen LogP contribution in [0.3, 0.4) is 0 Å². The molecular weight excluding hydrogens is 176 g/mol. The van der Waals surface area contributed by atoms with Crippen molar-refractivity contribution in [3.05, 3.63) is 53.2 Å². The highest BCUT2D eigenvalue weighted by Gasteiger charge is 1.97. The van der Waals surface area contributed by atoms with E-state index in [0.29, 0.717) is 0 Å². The van der Waals surface area contributed by atoms with Crippen LogP contribution < -0.4 is 5.56 Å². The van der Waals surface area contributed by atoms with Crippen LogP contribution in [0.4, 0.5) is 0 Å². The van der Waals surface area contributed by atoms with Gasteiger partial charge >= 0.3 is 0 Å². The SMILES string of the molecule is Cn1cc(-c2cccnc2)ccc1=O. The average molecular weight is 186 g/mol. The molecule has 0 unspecified atom stereocenters. The smallest absolute Gasteiger partial charge is 0.250 e. The van der Waals surface area contributed by atoms with E-state index < -0.39 is 0 Å². The Bertz CT molecular complexity index is 488. The Morgan fingerprint density at radius 2 is 2.07 bits per heavy atom. The molecule has 0 N–H and O–H groups in total. The highest BCUT2D eigenvalue weighted by Crippen LogP contribution is 2.14. The zero-order valence-electron chi connectivity index (χ0n) is 7.84. The lowest BCUT2D eigenvalue weighted by molar-refractivity contribution is 0.862. The molecule has 0 amide bonds. The fourth-order valence-corrected chi connectivity index (χ4v) is 1.30. The standard InChI is InChI=1S/C11H10N2O/c1-13-8-10(4-5-11(13)14)9-3-2-6-12-7-9/h2-8H,1H3. The second kappa shape index (κ2) is 3.46. The quantitative estimate of drug-likeness (QED) is 0.675. The molecule has 3 nitrogen and oxygen atoms in total. The molecule has 2 heterocycles. The summed E-state index contributed by atoms with van der Waals surface area (Å²) in [5, 5.41) is 0. The van der Waals surface area contributed by atoms with Gasteiger partial charge in [-0.25, -0.2) is 0 Å². The van der Waals surface area contributed by atoms with Crippen molar-refractivity contribution in [2.75, 3.05) is 0 Å². The van der Waals surface area contributed by atoms with Gasteiger partial charge in [0.15, 0.2) is 0 Å². The molecule has 2 aromatic rings. The summed E-state index contributed by atoms with van der Waals surface area (Å²) >= 11 is 0. The topological polar surface area (TPSA) is 34.9 Å². The first-order valence-corrected chi connectivity index (χ1v) is 4.34. The molecule has 0 fully saturated rings. The Kier molecular flexibility index (Phi) is 2.14. The third-order valence-corrected chi connectivity index (χ3v) is 2.08. The summed E-state index contributed by atoms with van der Waals surface area (Å²) in [5.74, 6) is 0. The minimum absolute atomic E-state index is 0.00218. The molecule has 3 heteroatoms. The zero-order valence-corrected chi connectivity index (χ0v) is 7.84. The van der Waals surface area contributed by atoms with Gasteiger partial charge in [-0.05, 0) is 17.7 Å². The maximum Gasteiger partial charge on any atom is 0.250 e. The van der Waals surface area contributed by atoms with E-state index >= 15 is 0 Å². The Balaban J connectivity index is 2.54. The van der Waals surface area contributed by atoms with E-state index in [9.17, 15) is 4.79 Å². The second-order valence-corrected chi connectivity index (χ2v) is 3.11. The van der Waals surface area contributed by atoms with Gasteiger partial charge in [0.05, 0.1) is 0 Å². The molecule has 0 aliphatic heterocycles. The number of hydrogen-bond donors (Lipinski definition) is 0. The minimum Gasteiger partial charge on any atom is -0.318 e. The summed E-state index contributed by atoms with van der Waals surface area (Å²) in [5.41, 5.74) is 2.01. The first-order chi connectivity index (χ1) is 6.77. The van der Waals surface area contributed by atoms with Gasteiger partial charge in [-0.1, -0.05) is 6.07 Å². The minimum atomic E-state index is -0.00218. The van der Waals surface area contributed by atoms with Crippen LogP contribution in [0, 0.1) is 0 Å². The van der Waals surface area contributed by atoms with E-state index in [1.54, 1.807) is 42.3 Å². The predicted octanol–water partition coefficient (Wildman–Crippen LogP) is 1.45. The van der Waals surface area contributed by atoms with Gasteiger partial charge in [0.1, 0.15) is 0 Å². The monoisotopic (exact) mass is 186 g/mol. The van der Waals surface area contributed by atoms with E-state index in [1.807, 2.05) is 12.1 Å². The molecule has 14 heavy (non-hydrogen) atoms. The van der Waals surface area contributed by atoms with Crippen LogP contribution in [0.15, 0.2) is 47.7 Å². The summed E-state index contributed by atoms with van der Waals surface area (Å²) in [6, 6.07) is 7.20. The summed E-state index contributed by atoms with van der Waals surface area (Å²) in [4.78, 5) is 15.2. The molecule has 0 aliphatic rings. The lowest BCUT2D eigenvalue weighted by Gasteiger charge is -2.02. The van der Waals surface area contributed by atoms with Gasteiger partial charge in [0.2, 0.25) is 5.56 Å². The first kappa shape index (κ1) is 8.69. The molecule has 0 atom stereocenters. The van der Waals surface area contributed by atoms with Gasteiger partial charge in [-0.2, -0.15) is 0 Å². The van der Waals surface area contributed by atoms with Crippen LogP contribution in [0.2, 0.25) is 0 Å². The van der Waals surface area contributed by atoms with E-state index in [0.717, 1.165) is 11.1 Å². The molecule has 0 aromatic carbocycles. The van der Waals surface area contributed by atoms with Crippen LogP contribution in [0.25, 0.3) is 11.1 Å². The number of aromatic nitrogens is 2. The first-order valence-electron chi connectivity index (χ1n) is 4.34. The Morgan fingerprint density at radius 3 is 2.71 bits per heavy atom. The maximum atomic E-state index is 11.1. The molecule has 0 bridgehead atoms. The van der Waals surface area contributed by atoms with Crippen molar-refractivity contribution < 1.29 is 0 Å². The Hall–Kier alpha value is -1.90. The molecule has 0 spiro atoms. The molecule has 2 aromatic heterocycles. The van der Waals surface area contributed by atoms with Gasteiger partial charge in [-0.15, -0.1) is 0 Å². The number of hydrogen-bond acceptors (Lipinski definition) is 2. The number of aryl methyl sites for hydroxylation is 1. The van der Waals surface area contributed by atoms with Crippen LogP contribution >= 0.6 is 0 Å². The lowest BCUT2D eigenvalue weighted by atomic mass is 10.1. The zero-order chi connectivity index (χ0) is 9.97. The Morgan fingerprint density at radius 1 is 1.21 bits per heavy atom. The lowest BCUT2D eigenvalue weighted by Crippen LogP contribution is -2.13. The van der Waals surface area contributed by atoms with Gasteiger partial charge in [0.25, 0.3) is 0 Å². The van der Waals surface area contributed by atoms with Crippen LogP contribution in [0.1, 0.15) is 0 Å². The van der Waals surface area contributed by atoms with Crippen LogP contribution in [-0.4, -0.2) is 9.55 Å². The van der Waals surface area contributed by atoms with E-state index in [2.05, 4.69) is 4.98 Å². The second-order valence-electron chi connectivity index (χ2n) is 3.11. The Labute approximate surface area is 81.7 Å². The van der Waals surface area contributed by atoms with Crippen LogP contribution in [0.5, 0.6) is 0 Å². The molecule has 2 rings (SSSR count). The molecule has 0 saturated heterocycles. The van der Waals surface area contributed by atoms with Crippen molar-refractivity contribution in [1.29, 1.82) is 0 Å². The summed E-state index contributed by atoms with van der Waals surface area (Å²) < 4.78 is 1.56. The normalized spacial score (nSPS) is 10.1. The van der Waals surface area contributed by atoms with Gasteiger partial charge in [-0.3, -0.25) is 9.78 Å². The van der Waals surface area contributed by atoms with E-state index in [1.165, 1.54) is 0 Å².